The van der Waals surface area contributed by atoms with Gasteiger partial charge in [0.05, 0.1) is 6.16 Å². The zero-order valence-electron chi connectivity index (χ0n) is 15.2. The number of benzene rings is 3. The van der Waals surface area contributed by atoms with Crippen molar-refractivity contribution in [2.24, 2.45) is 5.11 Å². The summed E-state index contributed by atoms with van der Waals surface area (Å²) in [5, 5.41) is 7.91. The Morgan fingerprint density at radius 2 is 1.07 bits per heavy atom. The third-order valence-corrected chi connectivity index (χ3v) is 9.18. The highest BCUT2D eigenvalue weighted by molar-refractivity contribution is 8.93. The Balaban J connectivity index is 0.00000261. The topological polar surface area (TPSA) is 48.8 Å². The molecule has 0 aromatic heterocycles. The first-order valence-corrected chi connectivity index (χ1v) is 10.9. The van der Waals surface area contributed by atoms with Gasteiger partial charge in [0.1, 0.15) is 23.2 Å². The maximum atomic E-state index is 8.52. The van der Waals surface area contributed by atoms with Gasteiger partial charge >= 0.3 is 0 Å². The number of rotatable bonds is 8. The molecule has 0 aliphatic rings. The molecule has 0 atom stereocenters. The van der Waals surface area contributed by atoms with Gasteiger partial charge < -0.3 is 0 Å². The summed E-state index contributed by atoms with van der Waals surface area (Å²) in [5.41, 5.74) is 8.52. The first-order chi connectivity index (χ1) is 12.9. The molecule has 0 saturated carbocycles. The lowest BCUT2D eigenvalue weighted by atomic mass is 10.3. The monoisotopic (exact) mass is 440 g/mol. The van der Waals surface area contributed by atoms with Crippen LogP contribution in [0.3, 0.4) is 0 Å². The molecule has 0 saturated heterocycles. The molecule has 0 aliphatic carbocycles. The van der Waals surface area contributed by atoms with Crippen molar-refractivity contribution in [3.8, 4) is 0 Å². The van der Waals surface area contributed by atoms with Crippen LogP contribution in [0, 0.1) is 0 Å². The van der Waals surface area contributed by atoms with Crippen molar-refractivity contribution in [3.05, 3.63) is 101 Å². The van der Waals surface area contributed by atoms with Crippen LogP contribution in [0.2, 0.25) is 0 Å². The van der Waals surface area contributed by atoms with Crippen LogP contribution in [-0.2, 0) is 0 Å². The van der Waals surface area contributed by atoms with E-state index < -0.39 is 7.26 Å². The van der Waals surface area contributed by atoms with Crippen molar-refractivity contribution in [1.82, 2.24) is 0 Å². The van der Waals surface area contributed by atoms with Crippen molar-refractivity contribution >= 4 is 40.2 Å². The Morgan fingerprint density at radius 1 is 0.667 bits per heavy atom. The molecule has 0 bridgehead atoms. The van der Waals surface area contributed by atoms with Crippen LogP contribution in [0.25, 0.3) is 10.4 Å². The van der Waals surface area contributed by atoms with E-state index in [1.807, 2.05) is 0 Å². The summed E-state index contributed by atoms with van der Waals surface area (Å²) in [7, 11) is -1.74. The molecule has 0 unspecified atom stereocenters. The predicted octanol–water partition coefficient (Wildman–Crippen LogP) is 5.65. The molecule has 0 fully saturated rings. The van der Waals surface area contributed by atoms with Gasteiger partial charge in [0.2, 0.25) is 0 Å². The van der Waals surface area contributed by atoms with E-state index in [-0.39, 0.29) is 17.0 Å². The maximum Gasteiger partial charge on any atom is 0.112 e. The van der Waals surface area contributed by atoms with Gasteiger partial charge in [-0.05, 0) is 54.8 Å². The molecular formula is C22H24BrN3P+. The second-order valence-electron chi connectivity index (χ2n) is 6.20. The quantitative estimate of drug-likeness (QED) is 0.143. The van der Waals surface area contributed by atoms with Crippen LogP contribution in [0.1, 0.15) is 12.8 Å². The van der Waals surface area contributed by atoms with E-state index in [1.54, 1.807) is 0 Å². The Hall–Kier alpha value is -2.12. The van der Waals surface area contributed by atoms with E-state index in [9.17, 15) is 0 Å². The predicted molar refractivity (Wildman–Crippen MR) is 124 cm³/mol. The van der Waals surface area contributed by atoms with Gasteiger partial charge in [-0.25, -0.2) is 0 Å². The fourth-order valence-electron chi connectivity index (χ4n) is 3.46. The lowest BCUT2D eigenvalue weighted by Gasteiger charge is -2.27. The molecule has 0 N–H and O–H groups in total. The van der Waals surface area contributed by atoms with Crippen molar-refractivity contribution < 1.29 is 0 Å². The number of hydrogen-bond donors (Lipinski definition) is 0. The highest BCUT2D eigenvalue weighted by atomic mass is 79.9. The van der Waals surface area contributed by atoms with Crippen LogP contribution in [0.15, 0.2) is 96.1 Å². The fraction of sp³-hybridized carbons (Fsp3) is 0.182. The molecule has 0 amide bonds. The summed E-state index contributed by atoms with van der Waals surface area (Å²) in [6, 6.07) is 32.6. The molecule has 3 aromatic rings. The number of nitrogens with zero attached hydrogens (tertiary/aromatic N) is 3. The smallest absolute Gasteiger partial charge is 0.112 e. The van der Waals surface area contributed by atoms with E-state index in [4.69, 9.17) is 5.53 Å². The van der Waals surface area contributed by atoms with Crippen LogP contribution in [0.4, 0.5) is 0 Å². The molecule has 0 radical (unpaired) electrons. The molecule has 138 valence electrons. The average molecular weight is 441 g/mol. The Kier molecular flexibility index (Phi) is 8.54. The Morgan fingerprint density at radius 3 is 1.44 bits per heavy atom. The minimum atomic E-state index is -1.74. The minimum Gasteiger partial charge on any atom is -0.114 e. The zero-order valence-corrected chi connectivity index (χ0v) is 17.8. The van der Waals surface area contributed by atoms with Crippen LogP contribution in [-0.4, -0.2) is 12.7 Å². The van der Waals surface area contributed by atoms with Gasteiger partial charge in [-0.3, -0.25) is 0 Å². The molecule has 0 spiro atoms. The summed E-state index contributed by atoms with van der Waals surface area (Å²) in [4.78, 5) is 2.88. The number of halogens is 1. The lowest BCUT2D eigenvalue weighted by Crippen LogP contribution is -2.33. The Bertz CT molecular complexity index is 754. The lowest BCUT2D eigenvalue weighted by molar-refractivity contribution is 0.807. The van der Waals surface area contributed by atoms with E-state index in [2.05, 4.69) is 101 Å². The van der Waals surface area contributed by atoms with Crippen LogP contribution >= 0.6 is 24.2 Å². The molecule has 3 aromatic carbocycles. The van der Waals surface area contributed by atoms with Crippen molar-refractivity contribution in [2.45, 2.75) is 12.8 Å². The van der Waals surface area contributed by atoms with Gasteiger partial charge in [-0.1, -0.05) is 59.7 Å². The van der Waals surface area contributed by atoms with Crippen molar-refractivity contribution in [2.75, 3.05) is 12.7 Å². The highest BCUT2D eigenvalue weighted by Gasteiger charge is 2.44. The second-order valence-corrected chi connectivity index (χ2v) is 9.82. The van der Waals surface area contributed by atoms with Gasteiger partial charge in [-0.15, -0.1) is 17.0 Å². The number of azide groups is 1. The molecule has 0 aliphatic heterocycles. The molecule has 5 heteroatoms. The normalized spacial score (nSPS) is 10.5. The summed E-state index contributed by atoms with van der Waals surface area (Å²) >= 11 is 0. The van der Waals surface area contributed by atoms with Gasteiger partial charge in [0.15, 0.2) is 0 Å². The van der Waals surface area contributed by atoms with Gasteiger partial charge in [-0.2, -0.15) is 0 Å². The molecule has 27 heavy (non-hydrogen) atoms. The summed E-state index contributed by atoms with van der Waals surface area (Å²) in [5.74, 6) is 0. The highest BCUT2D eigenvalue weighted by Crippen LogP contribution is 2.55. The molecule has 3 nitrogen and oxygen atoms in total. The molecular weight excluding hydrogens is 417 g/mol. The third-order valence-electron chi connectivity index (χ3n) is 4.66. The maximum absolute atomic E-state index is 8.52. The SMILES string of the molecule is Br.[N-]=[N+]=NCCCC[P+](c1ccccc1)(c1ccccc1)c1ccccc1. The van der Waals surface area contributed by atoms with Gasteiger partial charge in [0, 0.05) is 11.5 Å². The first-order valence-electron chi connectivity index (χ1n) is 8.94. The number of hydrogen-bond acceptors (Lipinski definition) is 1. The molecule has 0 heterocycles. The van der Waals surface area contributed by atoms with E-state index >= 15 is 0 Å². The largest absolute Gasteiger partial charge is 0.114 e. The second kappa shape index (κ2) is 10.9. The van der Waals surface area contributed by atoms with Gasteiger partial charge in [0.25, 0.3) is 0 Å². The summed E-state index contributed by atoms with van der Waals surface area (Å²) in [6.07, 6.45) is 3.02. The minimum absolute atomic E-state index is 0. The average Bonchev–Trinajstić information content (AvgIpc) is 2.73. The standard InChI is InChI=1S/C22H23N3P.BrH/c23-25-24-18-10-11-19-26(20-12-4-1-5-13-20,21-14-6-2-7-15-21)22-16-8-3-9-17-22;/h1-9,12-17H,10-11,18-19H2;1H/q+1;. The van der Waals surface area contributed by atoms with Crippen LogP contribution < -0.4 is 15.9 Å². The van der Waals surface area contributed by atoms with Crippen molar-refractivity contribution in [1.29, 1.82) is 0 Å². The fourth-order valence-corrected chi connectivity index (χ4v) is 7.87. The molecule has 3 rings (SSSR count). The zero-order chi connectivity index (χ0) is 18.1. The number of unbranched alkanes of at least 4 members (excludes halogenated alkanes) is 1. The van der Waals surface area contributed by atoms with E-state index in [1.165, 1.54) is 15.9 Å². The third kappa shape index (κ3) is 4.99. The first kappa shape index (κ1) is 21.2. The Labute approximate surface area is 172 Å². The van der Waals surface area contributed by atoms with Crippen molar-refractivity contribution in [3.63, 3.8) is 0 Å². The van der Waals surface area contributed by atoms with E-state index in [0.29, 0.717) is 6.54 Å². The summed E-state index contributed by atoms with van der Waals surface area (Å²) in [6.45, 7) is 0.564. The van der Waals surface area contributed by atoms with Crippen LogP contribution in [0.5, 0.6) is 0 Å². The summed E-state index contributed by atoms with van der Waals surface area (Å²) < 4.78 is 0. The van der Waals surface area contributed by atoms with E-state index in [0.717, 1.165) is 19.0 Å².